The van der Waals surface area contributed by atoms with E-state index < -0.39 is 0 Å². The van der Waals surface area contributed by atoms with E-state index in [1.165, 1.54) is 39.9 Å². The number of rotatable bonds is 3. The Morgan fingerprint density at radius 1 is 0.968 bits per heavy atom. The Hall–Kier alpha value is -2.16. The third-order valence-corrected chi connectivity index (χ3v) is 9.68. The van der Waals surface area contributed by atoms with E-state index in [1.807, 2.05) is 0 Å². The minimum atomic E-state index is -0.205. The molecule has 0 saturated carbocycles. The Morgan fingerprint density at radius 2 is 1.55 bits per heavy atom. The SMILES string of the molecule is CC(C)/C(=N\C=N)C1=CC=C2NC(C)(c3cc4c(cc32)C(C)(C)C(C)(C)C4(C)C)C1C. The number of fused-ring (bicyclic) bond motifs is 6. The number of aliphatic imine (C=N–C) groups is 1. The molecule has 3 nitrogen and oxygen atoms in total. The van der Waals surface area contributed by atoms with E-state index in [2.05, 4.69) is 104 Å². The lowest BCUT2D eigenvalue weighted by atomic mass is 9.59. The fourth-order valence-corrected chi connectivity index (χ4v) is 6.19. The molecule has 2 aliphatic heterocycles. The smallest absolute Gasteiger partial charge is 0.107 e. The molecule has 1 aromatic carbocycles. The minimum absolute atomic E-state index is 0.0883. The molecule has 0 aromatic heterocycles. The van der Waals surface area contributed by atoms with Crippen LogP contribution in [0.25, 0.3) is 5.70 Å². The molecule has 2 bridgehead atoms. The maximum Gasteiger partial charge on any atom is 0.107 e. The normalized spacial score (nSPS) is 29.5. The Kier molecular flexibility index (Phi) is 4.57. The van der Waals surface area contributed by atoms with Gasteiger partial charge in [-0.05, 0) is 63.5 Å². The highest BCUT2D eigenvalue weighted by atomic mass is 15.0. The fraction of sp³-hybridized carbons (Fsp3) is 0.571. The molecule has 166 valence electrons. The lowest BCUT2D eigenvalue weighted by molar-refractivity contribution is 0.125. The molecule has 31 heavy (non-hydrogen) atoms. The minimum Gasteiger partial charge on any atom is -0.375 e. The summed E-state index contributed by atoms with van der Waals surface area (Å²) in [6, 6.07) is 4.99. The maximum absolute atomic E-state index is 7.57. The van der Waals surface area contributed by atoms with Crippen LogP contribution in [0.3, 0.4) is 0 Å². The van der Waals surface area contributed by atoms with Crippen LogP contribution in [-0.4, -0.2) is 12.1 Å². The van der Waals surface area contributed by atoms with Crippen molar-refractivity contribution in [2.45, 2.75) is 85.6 Å². The first-order valence-corrected chi connectivity index (χ1v) is 11.7. The summed E-state index contributed by atoms with van der Waals surface area (Å²) in [5.74, 6) is 0.501. The van der Waals surface area contributed by atoms with Crippen molar-refractivity contribution in [2.75, 3.05) is 0 Å². The van der Waals surface area contributed by atoms with Gasteiger partial charge in [-0.25, -0.2) is 4.99 Å². The summed E-state index contributed by atoms with van der Waals surface area (Å²) in [7, 11) is 0. The molecule has 0 spiro atoms. The fourth-order valence-electron chi connectivity index (χ4n) is 6.19. The van der Waals surface area contributed by atoms with Crippen LogP contribution < -0.4 is 5.32 Å². The highest BCUT2D eigenvalue weighted by Crippen LogP contribution is 2.63. The Morgan fingerprint density at radius 3 is 2.10 bits per heavy atom. The van der Waals surface area contributed by atoms with Crippen molar-refractivity contribution in [2.24, 2.45) is 22.2 Å². The number of hydrogen-bond acceptors (Lipinski definition) is 2. The van der Waals surface area contributed by atoms with Crippen LogP contribution in [0.4, 0.5) is 0 Å². The van der Waals surface area contributed by atoms with E-state index in [9.17, 15) is 0 Å². The van der Waals surface area contributed by atoms with Gasteiger partial charge in [-0.1, -0.05) is 74.5 Å². The Bertz CT molecular complexity index is 1060. The van der Waals surface area contributed by atoms with E-state index in [0.29, 0.717) is 0 Å². The van der Waals surface area contributed by atoms with Gasteiger partial charge in [0.1, 0.15) is 6.34 Å². The monoisotopic (exact) mass is 417 g/mol. The molecule has 0 saturated heterocycles. The molecule has 1 aliphatic carbocycles. The van der Waals surface area contributed by atoms with Crippen LogP contribution in [0.5, 0.6) is 0 Å². The molecule has 2 atom stereocenters. The molecule has 0 amide bonds. The summed E-state index contributed by atoms with van der Waals surface area (Å²) in [4.78, 5) is 4.46. The Labute approximate surface area is 188 Å². The maximum atomic E-state index is 7.57. The summed E-state index contributed by atoms with van der Waals surface area (Å²) in [5, 5.41) is 11.5. The number of benzene rings is 1. The zero-order chi connectivity index (χ0) is 23.1. The Balaban J connectivity index is 1.96. The van der Waals surface area contributed by atoms with Gasteiger partial charge < -0.3 is 5.32 Å². The molecular weight excluding hydrogens is 378 g/mol. The van der Waals surface area contributed by atoms with Gasteiger partial charge in [0.25, 0.3) is 0 Å². The van der Waals surface area contributed by atoms with Gasteiger partial charge in [-0.2, -0.15) is 0 Å². The van der Waals surface area contributed by atoms with Crippen molar-refractivity contribution in [1.29, 1.82) is 5.41 Å². The first-order valence-electron chi connectivity index (χ1n) is 11.7. The standard InChI is InChI=1S/C28H39N3/c1-16(2)24(30-15-29)18-11-12-23-19-13-21-22(14-20(19)28(10,31-23)17(18)3)26(6,7)27(8,9)25(21,4)5/h11-17,29,31H,1-10H3/b29-15?,30-24+. The molecule has 0 radical (unpaired) electrons. The lowest BCUT2D eigenvalue weighted by Gasteiger charge is -2.44. The summed E-state index contributed by atoms with van der Waals surface area (Å²) in [5.41, 5.74) is 9.32. The largest absolute Gasteiger partial charge is 0.375 e. The number of hydrogen-bond donors (Lipinski definition) is 2. The van der Waals surface area contributed by atoms with Crippen LogP contribution in [0.2, 0.25) is 0 Å². The highest BCUT2D eigenvalue weighted by Gasteiger charge is 2.58. The third-order valence-electron chi connectivity index (χ3n) is 9.68. The second kappa shape index (κ2) is 6.43. The van der Waals surface area contributed by atoms with Crippen LogP contribution in [-0.2, 0) is 16.4 Å². The zero-order valence-corrected chi connectivity index (χ0v) is 21.0. The molecule has 3 heteroatoms. The summed E-state index contributed by atoms with van der Waals surface area (Å²) in [6.07, 6.45) is 5.65. The van der Waals surface area contributed by atoms with Gasteiger partial charge in [-0.15, -0.1) is 0 Å². The van der Waals surface area contributed by atoms with Crippen LogP contribution >= 0.6 is 0 Å². The molecule has 2 heterocycles. The predicted octanol–water partition coefficient (Wildman–Crippen LogP) is 6.72. The van der Waals surface area contributed by atoms with Crippen LogP contribution in [0.15, 0.2) is 34.9 Å². The summed E-state index contributed by atoms with van der Waals surface area (Å²) in [6.45, 7) is 23.5. The average molecular weight is 418 g/mol. The van der Waals surface area contributed by atoms with Gasteiger partial charge in [-0.3, -0.25) is 5.41 Å². The van der Waals surface area contributed by atoms with Gasteiger partial charge in [0.2, 0.25) is 0 Å². The molecule has 1 aromatic rings. The lowest BCUT2D eigenvalue weighted by Crippen LogP contribution is -2.42. The molecule has 4 rings (SSSR count). The van der Waals surface area contributed by atoms with E-state index in [4.69, 9.17) is 5.41 Å². The highest BCUT2D eigenvalue weighted by molar-refractivity contribution is 6.06. The van der Waals surface area contributed by atoms with Crippen molar-refractivity contribution in [3.8, 4) is 0 Å². The van der Waals surface area contributed by atoms with E-state index in [0.717, 1.165) is 5.71 Å². The van der Waals surface area contributed by atoms with Gasteiger partial charge in [0.15, 0.2) is 0 Å². The molecule has 2 unspecified atom stereocenters. The molecule has 3 aliphatic rings. The summed E-state index contributed by atoms with van der Waals surface area (Å²) < 4.78 is 0. The van der Waals surface area contributed by atoms with E-state index >= 15 is 0 Å². The first-order chi connectivity index (χ1) is 14.2. The molecular formula is C28H39N3. The van der Waals surface area contributed by atoms with E-state index in [-0.39, 0.29) is 33.6 Å². The molecule has 0 fully saturated rings. The van der Waals surface area contributed by atoms with Gasteiger partial charge >= 0.3 is 0 Å². The number of allylic oxidation sites excluding steroid dienone is 2. The second-order valence-corrected chi connectivity index (χ2v) is 11.9. The number of nitrogens with zero attached hydrogens (tertiary/aromatic N) is 1. The third kappa shape index (κ3) is 2.58. The first kappa shape index (κ1) is 22.0. The van der Waals surface area contributed by atoms with Gasteiger partial charge in [0.05, 0.1) is 5.54 Å². The van der Waals surface area contributed by atoms with Crippen molar-refractivity contribution < 1.29 is 0 Å². The van der Waals surface area contributed by atoms with E-state index in [1.54, 1.807) is 0 Å². The van der Waals surface area contributed by atoms with Crippen LogP contribution in [0, 0.1) is 22.7 Å². The zero-order valence-electron chi connectivity index (χ0n) is 21.0. The average Bonchev–Trinajstić information content (AvgIpc) is 2.95. The van der Waals surface area contributed by atoms with Gasteiger partial charge in [0, 0.05) is 22.9 Å². The van der Waals surface area contributed by atoms with Crippen LogP contribution in [0.1, 0.15) is 91.5 Å². The quantitative estimate of drug-likeness (QED) is 0.416. The predicted molar refractivity (Wildman–Crippen MR) is 133 cm³/mol. The number of nitrogens with one attached hydrogen (secondary N) is 2. The molecule has 2 N–H and O–H groups in total. The second-order valence-electron chi connectivity index (χ2n) is 11.9. The van der Waals surface area contributed by atoms with Crippen molar-refractivity contribution >= 4 is 17.7 Å². The van der Waals surface area contributed by atoms with Crippen molar-refractivity contribution in [3.63, 3.8) is 0 Å². The summed E-state index contributed by atoms with van der Waals surface area (Å²) >= 11 is 0. The van der Waals surface area contributed by atoms with Crippen molar-refractivity contribution in [1.82, 2.24) is 5.32 Å². The van der Waals surface area contributed by atoms with Crippen molar-refractivity contribution in [3.05, 3.63) is 52.1 Å². The topological polar surface area (TPSA) is 48.2 Å².